The highest BCUT2D eigenvalue weighted by Crippen LogP contribution is 2.34. The Labute approximate surface area is 140 Å². The van der Waals surface area contributed by atoms with Gasteiger partial charge in [0.1, 0.15) is 6.10 Å². The van der Waals surface area contributed by atoms with Crippen LogP contribution in [0, 0.1) is 0 Å². The van der Waals surface area contributed by atoms with E-state index in [-0.39, 0.29) is 41.7 Å². The van der Waals surface area contributed by atoms with Crippen molar-refractivity contribution in [2.24, 2.45) is 0 Å². The van der Waals surface area contributed by atoms with Gasteiger partial charge in [-0.3, -0.25) is 9.59 Å². The van der Waals surface area contributed by atoms with Crippen molar-refractivity contribution in [3.63, 3.8) is 0 Å². The molecule has 1 amide bonds. The van der Waals surface area contributed by atoms with Crippen LogP contribution in [0.2, 0.25) is 0 Å². The molecule has 0 aromatic heterocycles. The second-order valence-corrected chi connectivity index (χ2v) is 6.32. The molecule has 0 N–H and O–H groups in total. The van der Waals surface area contributed by atoms with Crippen LogP contribution in [0.25, 0.3) is 0 Å². The summed E-state index contributed by atoms with van der Waals surface area (Å²) >= 11 is 12.0. The molecular formula is C16H19Cl2NO3. The number of para-hydroxylation sites is 1. The third-order valence-electron chi connectivity index (χ3n) is 3.67. The lowest BCUT2D eigenvalue weighted by Crippen LogP contribution is -2.46. The summed E-state index contributed by atoms with van der Waals surface area (Å²) in [6.45, 7) is 1.37. The lowest BCUT2D eigenvalue weighted by atomic mass is 10.1. The van der Waals surface area contributed by atoms with E-state index in [1.54, 1.807) is 4.90 Å². The Bertz CT molecular complexity index is 523. The highest BCUT2D eigenvalue weighted by Gasteiger charge is 2.41. The van der Waals surface area contributed by atoms with Crippen LogP contribution in [0.3, 0.4) is 0 Å². The van der Waals surface area contributed by atoms with Crippen LogP contribution < -0.4 is 4.90 Å². The predicted molar refractivity (Wildman–Crippen MR) is 87.5 cm³/mol. The van der Waals surface area contributed by atoms with Gasteiger partial charge in [-0.1, -0.05) is 18.2 Å². The summed E-state index contributed by atoms with van der Waals surface area (Å²) in [7, 11) is 0. The smallest absolute Gasteiger partial charge is 0.302 e. The molecule has 0 radical (unpaired) electrons. The first-order valence-corrected chi connectivity index (χ1v) is 8.24. The number of carbonyl (C=O) groups excluding carboxylic acids is 2. The number of amides is 1. The standard InChI is InChI=1S/C16H19Cl2NO3/c1-11(20)22-15-10-12(18)9-14(15)19(16(21)7-8-17)13-5-3-2-4-6-13/h2-6,12,14-15H,7-10H2,1H3. The molecule has 3 unspecified atom stereocenters. The lowest BCUT2D eigenvalue weighted by Gasteiger charge is -2.32. The molecule has 0 aliphatic heterocycles. The van der Waals surface area contributed by atoms with Gasteiger partial charge in [0, 0.05) is 36.7 Å². The minimum atomic E-state index is -0.389. The number of benzene rings is 1. The normalized spacial score (nSPS) is 24.0. The molecule has 4 nitrogen and oxygen atoms in total. The maximum Gasteiger partial charge on any atom is 0.302 e. The zero-order valence-electron chi connectivity index (χ0n) is 12.4. The van der Waals surface area contributed by atoms with Crippen LogP contribution in [0.1, 0.15) is 26.2 Å². The molecule has 0 saturated heterocycles. The van der Waals surface area contributed by atoms with Crippen LogP contribution in [0.15, 0.2) is 30.3 Å². The molecule has 0 heterocycles. The molecule has 1 aromatic rings. The Hall–Kier alpha value is -1.26. The molecule has 1 aliphatic rings. The molecular weight excluding hydrogens is 325 g/mol. The highest BCUT2D eigenvalue weighted by molar-refractivity contribution is 6.21. The molecule has 0 spiro atoms. The summed E-state index contributed by atoms with van der Waals surface area (Å²) in [5, 5.41) is -0.121. The topological polar surface area (TPSA) is 46.6 Å². The number of anilines is 1. The fourth-order valence-electron chi connectivity index (χ4n) is 2.84. The zero-order valence-corrected chi connectivity index (χ0v) is 13.9. The van der Waals surface area contributed by atoms with Gasteiger partial charge in [0.25, 0.3) is 0 Å². The maximum atomic E-state index is 12.5. The first-order valence-electron chi connectivity index (χ1n) is 7.27. The summed E-state index contributed by atoms with van der Waals surface area (Å²) in [5.41, 5.74) is 0.769. The molecule has 0 bridgehead atoms. The number of rotatable bonds is 5. The van der Waals surface area contributed by atoms with Crippen molar-refractivity contribution >= 4 is 40.8 Å². The van der Waals surface area contributed by atoms with Gasteiger partial charge in [-0.15, -0.1) is 23.2 Å². The fourth-order valence-corrected chi connectivity index (χ4v) is 3.36. The van der Waals surface area contributed by atoms with E-state index < -0.39 is 0 Å². The number of halogens is 2. The van der Waals surface area contributed by atoms with Gasteiger partial charge in [-0.2, -0.15) is 0 Å². The van der Waals surface area contributed by atoms with Gasteiger partial charge < -0.3 is 9.64 Å². The van der Waals surface area contributed by atoms with E-state index in [9.17, 15) is 9.59 Å². The van der Waals surface area contributed by atoms with Crippen LogP contribution in [0.4, 0.5) is 5.69 Å². The van der Waals surface area contributed by atoms with Crippen molar-refractivity contribution in [1.82, 2.24) is 0 Å². The first kappa shape index (κ1) is 17.1. The van der Waals surface area contributed by atoms with Crippen molar-refractivity contribution in [3.8, 4) is 0 Å². The highest BCUT2D eigenvalue weighted by atomic mass is 35.5. The number of hydrogen-bond donors (Lipinski definition) is 0. The molecule has 22 heavy (non-hydrogen) atoms. The van der Waals surface area contributed by atoms with E-state index in [2.05, 4.69) is 0 Å². The van der Waals surface area contributed by atoms with Gasteiger partial charge in [-0.05, 0) is 18.6 Å². The van der Waals surface area contributed by atoms with Crippen LogP contribution in [-0.4, -0.2) is 35.3 Å². The van der Waals surface area contributed by atoms with E-state index in [1.807, 2.05) is 30.3 Å². The number of nitrogens with zero attached hydrogens (tertiary/aromatic N) is 1. The third-order valence-corrected chi connectivity index (χ3v) is 4.22. The van der Waals surface area contributed by atoms with E-state index in [1.165, 1.54) is 6.92 Å². The van der Waals surface area contributed by atoms with Crippen molar-refractivity contribution in [2.45, 2.75) is 43.7 Å². The molecule has 1 fully saturated rings. The van der Waals surface area contributed by atoms with E-state index in [0.717, 1.165) is 5.69 Å². The Kier molecular flexibility index (Phi) is 6.09. The van der Waals surface area contributed by atoms with Crippen molar-refractivity contribution in [3.05, 3.63) is 30.3 Å². The van der Waals surface area contributed by atoms with Crippen LogP contribution in [-0.2, 0) is 14.3 Å². The van der Waals surface area contributed by atoms with E-state index in [4.69, 9.17) is 27.9 Å². The number of alkyl halides is 2. The second kappa shape index (κ2) is 7.84. The summed E-state index contributed by atoms with van der Waals surface area (Å²) in [6.07, 6.45) is 0.970. The van der Waals surface area contributed by atoms with Gasteiger partial charge in [-0.25, -0.2) is 0 Å². The Morgan fingerprint density at radius 2 is 1.95 bits per heavy atom. The predicted octanol–water partition coefficient (Wildman–Crippen LogP) is 3.35. The summed E-state index contributed by atoms with van der Waals surface area (Å²) in [4.78, 5) is 25.5. The summed E-state index contributed by atoms with van der Waals surface area (Å²) in [5.74, 6) is -0.204. The molecule has 2 rings (SSSR count). The Morgan fingerprint density at radius 3 is 2.55 bits per heavy atom. The van der Waals surface area contributed by atoms with E-state index in [0.29, 0.717) is 12.8 Å². The van der Waals surface area contributed by atoms with Gasteiger partial charge >= 0.3 is 5.97 Å². The SMILES string of the molecule is CC(=O)OC1CC(Cl)CC1N(C(=O)CCCl)c1ccccc1. The maximum absolute atomic E-state index is 12.5. The number of ether oxygens (including phenoxy) is 1. The average molecular weight is 344 g/mol. The van der Waals surface area contributed by atoms with Gasteiger partial charge in [0.2, 0.25) is 5.91 Å². The Morgan fingerprint density at radius 1 is 1.27 bits per heavy atom. The van der Waals surface area contributed by atoms with Gasteiger partial charge in [0.15, 0.2) is 0 Å². The van der Waals surface area contributed by atoms with Crippen molar-refractivity contribution in [2.75, 3.05) is 10.8 Å². The van der Waals surface area contributed by atoms with Crippen LogP contribution in [0.5, 0.6) is 0 Å². The van der Waals surface area contributed by atoms with Crippen molar-refractivity contribution in [1.29, 1.82) is 0 Å². The lowest BCUT2D eigenvalue weighted by molar-refractivity contribution is -0.147. The molecule has 1 aliphatic carbocycles. The Balaban J connectivity index is 2.30. The molecule has 6 heteroatoms. The minimum absolute atomic E-state index is 0.0888. The molecule has 3 atom stereocenters. The quantitative estimate of drug-likeness (QED) is 0.608. The summed E-state index contributed by atoms with van der Waals surface area (Å²) < 4.78 is 5.37. The average Bonchev–Trinajstić information content (AvgIpc) is 2.80. The zero-order chi connectivity index (χ0) is 16.1. The van der Waals surface area contributed by atoms with E-state index >= 15 is 0 Å². The summed E-state index contributed by atoms with van der Waals surface area (Å²) in [6, 6.07) is 9.08. The molecule has 1 aromatic carbocycles. The number of hydrogen-bond acceptors (Lipinski definition) is 3. The molecule has 1 saturated carbocycles. The molecule has 120 valence electrons. The fraction of sp³-hybridized carbons (Fsp3) is 0.500. The monoisotopic (exact) mass is 343 g/mol. The number of carbonyl (C=O) groups is 2. The second-order valence-electron chi connectivity index (χ2n) is 5.32. The van der Waals surface area contributed by atoms with Crippen LogP contribution >= 0.6 is 23.2 Å². The minimum Gasteiger partial charge on any atom is -0.460 e. The first-order chi connectivity index (χ1) is 10.5. The van der Waals surface area contributed by atoms with Crippen molar-refractivity contribution < 1.29 is 14.3 Å². The van der Waals surface area contributed by atoms with Gasteiger partial charge in [0.05, 0.1) is 6.04 Å². The number of esters is 1. The largest absolute Gasteiger partial charge is 0.460 e. The third kappa shape index (κ3) is 4.14.